The molecule has 1 aliphatic heterocycles. The number of alkyl halides is 3. The topological polar surface area (TPSA) is 49.5 Å². The summed E-state index contributed by atoms with van der Waals surface area (Å²) < 4.78 is 37.7. The van der Waals surface area contributed by atoms with Crippen molar-refractivity contribution in [3.63, 3.8) is 0 Å². The van der Waals surface area contributed by atoms with Crippen molar-refractivity contribution in [2.45, 2.75) is 37.6 Å². The van der Waals surface area contributed by atoms with Gasteiger partial charge in [-0.2, -0.15) is 13.2 Å². The Morgan fingerprint density at radius 3 is 2.53 bits per heavy atom. The molecule has 15 heavy (non-hydrogen) atoms. The summed E-state index contributed by atoms with van der Waals surface area (Å²) in [6.45, 7) is 1.48. The van der Waals surface area contributed by atoms with Crippen LogP contribution >= 0.6 is 0 Å². The molecular formula is C9H17F3N2O. The van der Waals surface area contributed by atoms with E-state index in [1.165, 1.54) is 4.90 Å². The van der Waals surface area contributed by atoms with E-state index in [9.17, 15) is 18.3 Å². The Bertz CT molecular complexity index is 218. The molecule has 1 rings (SSSR count). The summed E-state index contributed by atoms with van der Waals surface area (Å²) in [7, 11) is 0. The van der Waals surface area contributed by atoms with Gasteiger partial charge >= 0.3 is 6.18 Å². The highest BCUT2D eigenvalue weighted by Crippen LogP contribution is 2.29. The first-order valence-electron chi connectivity index (χ1n) is 4.99. The molecule has 90 valence electrons. The molecule has 2 unspecified atom stereocenters. The first kappa shape index (κ1) is 12.7. The van der Waals surface area contributed by atoms with Crippen LogP contribution in [0.15, 0.2) is 0 Å². The summed E-state index contributed by atoms with van der Waals surface area (Å²) >= 11 is 0. The number of β-amino-alcohol motifs (C(OH)–C–C–N with tert-alkyl or cyclic N) is 1. The lowest BCUT2D eigenvalue weighted by molar-refractivity contribution is -0.192. The van der Waals surface area contributed by atoms with E-state index in [0.717, 1.165) is 0 Å². The van der Waals surface area contributed by atoms with Crippen LogP contribution in [0.5, 0.6) is 0 Å². The summed E-state index contributed by atoms with van der Waals surface area (Å²) in [4.78, 5) is 1.23. The standard InChI is InChI=1S/C9H17F3N2O/c1-8(15)3-2-4-14(6-8)7(5-13)9(10,11)12/h7,15H,2-6,13H2,1H3. The fourth-order valence-electron chi connectivity index (χ4n) is 2.01. The van der Waals surface area contributed by atoms with E-state index in [4.69, 9.17) is 5.73 Å². The van der Waals surface area contributed by atoms with Crippen LogP contribution in [0.4, 0.5) is 13.2 Å². The molecule has 0 spiro atoms. The highest BCUT2D eigenvalue weighted by molar-refractivity contribution is 4.89. The minimum absolute atomic E-state index is 0.0361. The summed E-state index contributed by atoms with van der Waals surface area (Å²) in [6, 6.07) is -1.63. The van der Waals surface area contributed by atoms with E-state index < -0.39 is 24.4 Å². The van der Waals surface area contributed by atoms with Crippen LogP contribution in [0.1, 0.15) is 19.8 Å². The molecule has 0 aliphatic carbocycles. The Labute approximate surface area is 87.0 Å². The van der Waals surface area contributed by atoms with Gasteiger partial charge in [0, 0.05) is 13.1 Å². The summed E-state index contributed by atoms with van der Waals surface area (Å²) in [5, 5.41) is 9.71. The second-order valence-electron chi connectivity index (χ2n) is 4.36. The zero-order chi connectivity index (χ0) is 11.7. The molecule has 0 aromatic carbocycles. The highest BCUT2D eigenvalue weighted by Gasteiger charge is 2.45. The molecule has 1 fully saturated rings. The van der Waals surface area contributed by atoms with Crippen molar-refractivity contribution < 1.29 is 18.3 Å². The monoisotopic (exact) mass is 226 g/mol. The minimum atomic E-state index is -4.32. The molecule has 3 nitrogen and oxygen atoms in total. The quantitative estimate of drug-likeness (QED) is 0.729. The van der Waals surface area contributed by atoms with Crippen molar-refractivity contribution in [1.82, 2.24) is 4.90 Å². The average molecular weight is 226 g/mol. The number of halogens is 3. The number of rotatable bonds is 2. The second-order valence-corrected chi connectivity index (χ2v) is 4.36. The van der Waals surface area contributed by atoms with Crippen LogP contribution in [0.3, 0.4) is 0 Å². The molecule has 1 aliphatic rings. The van der Waals surface area contributed by atoms with Crippen molar-refractivity contribution in [1.29, 1.82) is 0 Å². The van der Waals surface area contributed by atoms with E-state index in [2.05, 4.69) is 0 Å². The predicted octanol–water partition coefficient (Wildman–Crippen LogP) is 0.723. The average Bonchev–Trinajstić information content (AvgIpc) is 2.00. The zero-order valence-corrected chi connectivity index (χ0v) is 8.72. The molecule has 1 saturated heterocycles. The normalized spacial score (nSPS) is 31.6. The molecule has 0 aromatic rings. The Morgan fingerprint density at radius 2 is 2.13 bits per heavy atom. The predicted molar refractivity (Wildman–Crippen MR) is 50.3 cm³/mol. The van der Waals surface area contributed by atoms with Crippen LogP contribution in [-0.4, -0.2) is 47.5 Å². The Balaban J connectivity index is 2.69. The number of piperidine rings is 1. The molecular weight excluding hydrogens is 209 g/mol. The van der Waals surface area contributed by atoms with Crippen LogP contribution in [0.25, 0.3) is 0 Å². The van der Waals surface area contributed by atoms with Gasteiger partial charge in [-0.05, 0) is 26.3 Å². The number of nitrogens with two attached hydrogens (primary N) is 1. The lowest BCUT2D eigenvalue weighted by Gasteiger charge is -2.41. The molecule has 0 bridgehead atoms. The maximum Gasteiger partial charge on any atom is 0.405 e. The summed E-state index contributed by atoms with van der Waals surface area (Å²) in [6.07, 6.45) is -3.21. The third-order valence-corrected chi connectivity index (χ3v) is 2.75. The van der Waals surface area contributed by atoms with Crippen LogP contribution in [-0.2, 0) is 0 Å². The van der Waals surface area contributed by atoms with Crippen molar-refractivity contribution in [2.24, 2.45) is 5.73 Å². The molecule has 6 heteroatoms. The van der Waals surface area contributed by atoms with Gasteiger partial charge in [0.1, 0.15) is 6.04 Å². The third-order valence-electron chi connectivity index (χ3n) is 2.75. The van der Waals surface area contributed by atoms with Gasteiger partial charge in [-0.25, -0.2) is 0 Å². The molecule has 0 saturated carbocycles. The molecule has 0 amide bonds. The first-order valence-corrected chi connectivity index (χ1v) is 4.99. The second kappa shape index (κ2) is 4.27. The number of hydrogen-bond donors (Lipinski definition) is 2. The van der Waals surface area contributed by atoms with Crippen molar-refractivity contribution in [3.05, 3.63) is 0 Å². The minimum Gasteiger partial charge on any atom is -0.389 e. The van der Waals surface area contributed by atoms with Crippen LogP contribution in [0, 0.1) is 0 Å². The molecule has 0 radical (unpaired) electrons. The number of likely N-dealkylation sites (tertiary alicyclic amines) is 1. The molecule has 0 aromatic heterocycles. The van der Waals surface area contributed by atoms with Gasteiger partial charge in [-0.3, -0.25) is 4.90 Å². The van der Waals surface area contributed by atoms with E-state index in [1.54, 1.807) is 6.92 Å². The van der Waals surface area contributed by atoms with Gasteiger partial charge in [-0.15, -0.1) is 0 Å². The van der Waals surface area contributed by atoms with Crippen molar-refractivity contribution in [2.75, 3.05) is 19.6 Å². The Kier molecular flexibility index (Phi) is 3.63. The molecule has 2 atom stereocenters. The lowest BCUT2D eigenvalue weighted by atomic mass is 9.94. The van der Waals surface area contributed by atoms with Gasteiger partial charge in [0.25, 0.3) is 0 Å². The molecule has 1 heterocycles. The van der Waals surface area contributed by atoms with Crippen molar-refractivity contribution in [3.8, 4) is 0 Å². The van der Waals surface area contributed by atoms with Gasteiger partial charge in [0.2, 0.25) is 0 Å². The summed E-state index contributed by atoms with van der Waals surface area (Å²) in [5.74, 6) is 0. The largest absolute Gasteiger partial charge is 0.405 e. The van der Waals surface area contributed by atoms with Crippen LogP contribution in [0.2, 0.25) is 0 Å². The third kappa shape index (κ3) is 3.32. The van der Waals surface area contributed by atoms with Crippen LogP contribution < -0.4 is 5.73 Å². The SMILES string of the molecule is CC1(O)CCCN(C(CN)C(F)(F)F)C1. The van der Waals surface area contributed by atoms with E-state index in [1.807, 2.05) is 0 Å². The number of aliphatic hydroxyl groups is 1. The lowest BCUT2D eigenvalue weighted by Crippen LogP contribution is -2.57. The number of hydrogen-bond acceptors (Lipinski definition) is 3. The van der Waals surface area contributed by atoms with E-state index >= 15 is 0 Å². The summed E-state index contributed by atoms with van der Waals surface area (Å²) in [5.41, 5.74) is 4.10. The van der Waals surface area contributed by atoms with Gasteiger partial charge in [0.15, 0.2) is 0 Å². The zero-order valence-electron chi connectivity index (χ0n) is 8.72. The maximum absolute atomic E-state index is 12.6. The van der Waals surface area contributed by atoms with Crippen molar-refractivity contribution >= 4 is 0 Å². The first-order chi connectivity index (χ1) is 6.76. The maximum atomic E-state index is 12.6. The van der Waals surface area contributed by atoms with E-state index in [0.29, 0.717) is 19.4 Å². The van der Waals surface area contributed by atoms with Gasteiger partial charge in [0.05, 0.1) is 5.60 Å². The van der Waals surface area contributed by atoms with E-state index in [-0.39, 0.29) is 6.54 Å². The number of nitrogens with zero attached hydrogens (tertiary/aromatic N) is 1. The smallest absolute Gasteiger partial charge is 0.389 e. The van der Waals surface area contributed by atoms with Gasteiger partial charge < -0.3 is 10.8 Å². The Hall–Kier alpha value is -0.330. The molecule has 3 N–H and O–H groups in total. The fraction of sp³-hybridized carbons (Fsp3) is 1.00. The highest BCUT2D eigenvalue weighted by atomic mass is 19.4. The Morgan fingerprint density at radius 1 is 1.53 bits per heavy atom. The van der Waals surface area contributed by atoms with Gasteiger partial charge in [-0.1, -0.05) is 0 Å². The fourth-order valence-corrected chi connectivity index (χ4v) is 2.01.